The Morgan fingerprint density at radius 2 is 1.75 bits per heavy atom. The number of benzene rings is 2. The zero-order valence-electron chi connectivity index (χ0n) is 18.1. The predicted molar refractivity (Wildman–Crippen MR) is 134 cm³/mol. The Labute approximate surface area is 203 Å². The van der Waals surface area contributed by atoms with E-state index in [4.69, 9.17) is 33.3 Å². The zero-order valence-corrected chi connectivity index (χ0v) is 20.5. The second kappa shape index (κ2) is 12.4. The van der Waals surface area contributed by atoms with Crippen LogP contribution in [0.1, 0.15) is 25.0 Å². The number of halogens is 2. The summed E-state index contributed by atoms with van der Waals surface area (Å²) in [6, 6.07) is 10.9. The quantitative estimate of drug-likeness (QED) is 0.182. The molecule has 2 aromatic rings. The molecule has 0 bridgehead atoms. The van der Waals surface area contributed by atoms with Crippen LogP contribution in [-0.2, 0) is 17.9 Å². The number of carbonyl (C=O) groups excluding carboxylic acids is 1. The van der Waals surface area contributed by atoms with Crippen LogP contribution < -0.4 is 20.7 Å². The Bertz CT molecular complexity index is 1050. The van der Waals surface area contributed by atoms with Gasteiger partial charge in [0.2, 0.25) is 0 Å². The van der Waals surface area contributed by atoms with Crippen LogP contribution >= 0.6 is 35.8 Å². The standard InChI is InChI=1S/C23H26Cl2N4O2S/c1-4-21(27-12-15-5-7-17(24)18(25)9-15)29-23(30)22(14(2)11-26)28-13-16-6-8-19(31-3)20(32)10-16/h4-11,26-28,32H,12-13H2,1-3H3,(H,29,30)/b21-4?,22-14-,26-11?. The van der Waals surface area contributed by atoms with Crippen molar-refractivity contribution < 1.29 is 9.53 Å². The third-order valence-corrected chi connectivity index (χ3v) is 5.64. The molecule has 9 heteroatoms. The highest BCUT2D eigenvalue weighted by atomic mass is 35.5. The molecule has 0 spiro atoms. The van der Waals surface area contributed by atoms with E-state index in [-0.39, 0.29) is 5.91 Å². The SMILES string of the molecule is CC=C(NCc1ccc(Cl)c(Cl)c1)NC(=O)/C(NCc1ccc(OC)c(S)c1)=C(\C)C=N. The molecule has 170 valence electrons. The van der Waals surface area contributed by atoms with Crippen LogP contribution in [0, 0.1) is 5.41 Å². The molecule has 0 aromatic heterocycles. The Balaban J connectivity index is 2.05. The summed E-state index contributed by atoms with van der Waals surface area (Å²) in [5, 5.41) is 17.7. The number of thiol groups is 1. The maximum absolute atomic E-state index is 12.9. The Kier molecular flexibility index (Phi) is 9.97. The van der Waals surface area contributed by atoms with E-state index in [1.807, 2.05) is 31.2 Å². The van der Waals surface area contributed by atoms with E-state index in [9.17, 15) is 4.79 Å². The highest BCUT2D eigenvalue weighted by molar-refractivity contribution is 7.80. The third kappa shape index (κ3) is 7.22. The van der Waals surface area contributed by atoms with Gasteiger partial charge in [-0.25, -0.2) is 0 Å². The summed E-state index contributed by atoms with van der Waals surface area (Å²) in [7, 11) is 1.58. The van der Waals surface area contributed by atoms with Crippen molar-refractivity contribution in [3.05, 3.63) is 80.7 Å². The fourth-order valence-electron chi connectivity index (χ4n) is 2.76. The lowest BCUT2D eigenvalue weighted by atomic mass is 10.2. The van der Waals surface area contributed by atoms with Crippen molar-refractivity contribution in [3.63, 3.8) is 0 Å². The number of hydrogen-bond donors (Lipinski definition) is 5. The molecule has 32 heavy (non-hydrogen) atoms. The highest BCUT2D eigenvalue weighted by Gasteiger charge is 2.14. The topological polar surface area (TPSA) is 86.2 Å². The van der Waals surface area contributed by atoms with Gasteiger partial charge in [-0.1, -0.05) is 35.3 Å². The summed E-state index contributed by atoms with van der Waals surface area (Å²) in [6.45, 7) is 4.34. The molecule has 0 aliphatic heterocycles. The second-order valence-electron chi connectivity index (χ2n) is 6.82. The van der Waals surface area contributed by atoms with Crippen molar-refractivity contribution in [2.45, 2.75) is 31.8 Å². The minimum atomic E-state index is -0.361. The molecule has 0 aliphatic rings. The Morgan fingerprint density at radius 3 is 2.34 bits per heavy atom. The normalized spacial score (nSPS) is 12.0. The van der Waals surface area contributed by atoms with E-state index in [0.29, 0.717) is 50.9 Å². The van der Waals surface area contributed by atoms with Gasteiger partial charge in [0, 0.05) is 24.2 Å². The number of ether oxygens (including phenoxy) is 1. The summed E-state index contributed by atoms with van der Waals surface area (Å²) in [5.41, 5.74) is 2.64. The van der Waals surface area contributed by atoms with Crippen LogP contribution in [0.3, 0.4) is 0 Å². The molecule has 0 saturated heterocycles. The van der Waals surface area contributed by atoms with Gasteiger partial charge in [0.15, 0.2) is 0 Å². The Morgan fingerprint density at radius 1 is 1.09 bits per heavy atom. The van der Waals surface area contributed by atoms with Crippen LogP contribution in [0.5, 0.6) is 5.75 Å². The van der Waals surface area contributed by atoms with Gasteiger partial charge in [0.05, 0.1) is 17.2 Å². The molecule has 2 aromatic carbocycles. The summed E-state index contributed by atoms with van der Waals surface area (Å²) in [6.07, 6.45) is 2.89. The minimum Gasteiger partial charge on any atom is -0.496 e. The first-order valence-electron chi connectivity index (χ1n) is 9.75. The molecule has 0 unspecified atom stereocenters. The number of allylic oxidation sites excluding steroid dienone is 2. The van der Waals surface area contributed by atoms with E-state index >= 15 is 0 Å². The van der Waals surface area contributed by atoms with Crippen LogP contribution in [0.4, 0.5) is 0 Å². The van der Waals surface area contributed by atoms with Gasteiger partial charge in [-0.2, -0.15) is 0 Å². The summed E-state index contributed by atoms with van der Waals surface area (Å²) in [5.74, 6) is 0.840. The molecule has 0 aliphatic carbocycles. The average Bonchev–Trinajstić information content (AvgIpc) is 2.78. The van der Waals surface area contributed by atoms with Crippen molar-refractivity contribution in [2.75, 3.05) is 7.11 Å². The molecule has 0 heterocycles. The number of nitrogens with one attached hydrogen (secondary N) is 4. The molecule has 0 fully saturated rings. The first kappa shape index (κ1) is 25.6. The molecule has 0 atom stereocenters. The van der Waals surface area contributed by atoms with Crippen molar-refractivity contribution in [3.8, 4) is 5.75 Å². The first-order chi connectivity index (χ1) is 15.3. The number of amides is 1. The maximum atomic E-state index is 12.9. The number of rotatable bonds is 10. The van der Waals surface area contributed by atoms with Crippen LogP contribution in [0.15, 0.2) is 64.5 Å². The molecule has 0 saturated carbocycles. The first-order valence-corrected chi connectivity index (χ1v) is 11.0. The largest absolute Gasteiger partial charge is 0.496 e. The Hall–Kier alpha value is -2.61. The van der Waals surface area contributed by atoms with Crippen LogP contribution in [-0.4, -0.2) is 19.2 Å². The average molecular weight is 493 g/mol. The molecule has 6 nitrogen and oxygen atoms in total. The lowest BCUT2D eigenvalue weighted by Gasteiger charge is -2.17. The van der Waals surface area contributed by atoms with E-state index in [0.717, 1.165) is 17.3 Å². The third-order valence-electron chi connectivity index (χ3n) is 4.55. The van der Waals surface area contributed by atoms with Gasteiger partial charge >= 0.3 is 0 Å². The molecule has 4 N–H and O–H groups in total. The van der Waals surface area contributed by atoms with E-state index in [2.05, 4.69) is 28.6 Å². The van der Waals surface area contributed by atoms with Gasteiger partial charge in [-0.3, -0.25) is 4.79 Å². The molecule has 1 amide bonds. The number of carbonyl (C=O) groups is 1. The van der Waals surface area contributed by atoms with Crippen molar-refractivity contribution in [1.82, 2.24) is 16.0 Å². The maximum Gasteiger partial charge on any atom is 0.273 e. The van der Waals surface area contributed by atoms with Gasteiger partial charge in [0.1, 0.15) is 17.3 Å². The summed E-state index contributed by atoms with van der Waals surface area (Å²) in [4.78, 5) is 13.6. The van der Waals surface area contributed by atoms with Gasteiger partial charge in [-0.05, 0) is 60.9 Å². The van der Waals surface area contributed by atoms with Crippen molar-refractivity contribution in [1.29, 1.82) is 5.41 Å². The lowest BCUT2D eigenvalue weighted by molar-refractivity contribution is -0.117. The zero-order chi connectivity index (χ0) is 23.7. The van der Waals surface area contributed by atoms with E-state index in [1.54, 1.807) is 32.2 Å². The fourth-order valence-corrected chi connectivity index (χ4v) is 3.41. The van der Waals surface area contributed by atoms with Crippen LogP contribution in [0.25, 0.3) is 0 Å². The smallest absolute Gasteiger partial charge is 0.273 e. The second-order valence-corrected chi connectivity index (χ2v) is 8.12. The molecule has 0 radical (unpaired) electrons. The van der Waals surface area contributed by atoms with Crippen molar-refractivity contribution >= 4 is 48.0 Å². The monoisotopic (exact) mass is 492 g/mol. The molecule has 2 rings (SSSR count). The van der Waals surface area contributed by atoms with Crippen molar-refractivity contribution in [2.24, 2.45) is 0 Å². The van der Waals surface area contributed by atoms with Gasteiger partial charge < -0.3 is 26.1 Å². The fraction of sp³-hybridized carbons (Fsp3) is 0.217. The summed E-state index contributed by atoms with van der Waals surface area (Å²) < 4.78 is 5.22. The summed E-state index contributed by atoms with van der Waals surface area (Å²) >= 11 is 16.4. The number of methoxy groups -OCH3 is 1. The van der Waals surface area contributed by atoms with E-state index in [1.165, 1.54) is 0 Å². The van der Waals surface area contributed by atoms with Crippen LogP contribution in [0.2, 0.25) is 10.0 Å². The highest BCUT2D eigenvalue weighted by Crippen LogP contribution is 2.24. The van der Waals surface area contributed by atoms with Gasteiger partial charge in [0.25, 0.3) is 5.91 Å². The lowest BCUT2D eigenvalue weighted by Crippen LogP contribution is -2.36. The molecular formula is C23H26Cl2N4O2S. The minimum absolute atomic E-state index is 0.298. The molecular weight excluding hydrogens is 467 g/mol. The predicted octanol–water partition coefficient (Wildman–Crippen LogP) is 5.07. The van der Waals surface area contributed by atoms with Gasteiger partial charge in [-0.15, -0.1) is 12.6 Å². The van der Waals surface area contributed by atoms with E-state index < -0.39 is 0 Å². The number of hydrogen-bond acceptors (Lipinski definition) is 6.